The third-order valence-electron chi connectivity index (χ3n) is 3.85. The maximum absolute atomic E-state index is 6.03. The molecule has 0 aliphatic rings. The molecule has 0 bridgehead atoms. The predicted molar refractivity (Wildman–Crippen MR) is 111 cm³/mol. The number of nitrogens with zero attached hydrogens (tertiary/aromatic N) is 2. The van der Waals surface area contributed by atoms with Crippen molar-refractivity contribution in [2.75, 3.05) is 25.0 Å². The molecule has 2 rings (SSSR count). The third-order valence-corrected chi connectivity index (χ3v) is 3.85. The molecule has 132 valence electrons. The van der Waals surface area contributed by atoms with Crippen LogP contribution < -0.4 is 11.1 Å². The van der Waals surface area contributed by atoms with E-state index in [0.717, 1.165) is 24.5 Å². The summed E-state index contributed by atoms with van der Waals surface area (Å²) in [7, 11) is 0. The van der Waals surface area contributed by atoms with Crippen molar-refractivity contribution >= 4 is 35.6 Å². The number of halogens is 1. The van der Waals surface area contributed by atoms with E-state index in [4.69, 9.17) is 10.2 Å². The minimum absolute atomic E-state index is 0. The first-order valence-corrected chi connectivity index (χ1v) is 8.05. The number of nitrogens with one attached hydrogen (secondary N) is 1. The number of hydrogen-bond acceptors (Lipinski definition) is 3. The molecule has 5 nitrogen and oxygen atoms in total. The van der Waals surface area contributed by atoms with Crippen molar-refractivity contribution in [1.29, 1.82) is 0 Å². The minimum Gasteiger partial charge on any atom is -0.468 e. The Hall–Kier alpha value is -1.54. The number of anilines is 1. The fourth-order valence-corrected chi connectivity index (χ4v) is 2.63. The van der Waals surface area contributed by atoms with Gasteiger partial charge in [0.25, 0.3) is 0 Å². The third kappa shape index (κ3) is 5.83. The van der Waals surface area contributed by atoms with Crippen molar-refractivity contribution in [2.45, 2.75) is 26.8 Å². The predicted octanol–water partition coefficient (Wildman–Crippen LogP) is 4.02. The van der Waals surface area contributed by atoms with Crippen LogP contribution in [0.1, 0.15) is 31.2 Å². The second-order valence-corrected chi connectivity index (χ2v) is 5.47. The Balaban J connectivity index is 0.00000288. The van der Waals surface area contributed by atoms with Gasteiger partial charge in [-0.05, 0) is 49.8 Å². The standard InChI is InChI=1S/C18H26N4O.HI/c1-4-22(5-2)16(17-10-7-11-23-17)13-20-18(19)21-15-9-6-8-14(3)12-15;/h6-12,16H,4-5,13H2,1-3H3,(H3,19,20,21);1H. The van der Waals surface area contributed by atoms with Crippen molar-refractivity contribution in [3.8, 4) is 0 Å². The van der Waals surface area contributed by atoms with E-state index in [2.05, 4.69) is 29.1 Å². The van der Waals surface area contributed by atoms with E-state index < -0.39 is 0 Å². The fourth-order valence-electron chi connectivity index (χ4n) is 2.63. The summed E-state index contributed by atoms with van der Waals surface area (Å²) in [5.74, 6) is 1.33. The van der Waals surface area contributed by atoms with Crippen molar-refractivity contribution in [3.63, 3.8) is 0 Å². The van der Waals surface area contributed by atoms with Gasteiger partial charge in [0, 0.05) is 5.69 Å². The highest BCUT2D eigenvalue weighted by Crippen LogP contribution is 2.21. The summed E-state index contributed by atoms with van der Waals surface area (Å²) in [6.45, 7) is 8.74. The first-order chi connectivity index (χ1) is 11.1. The number of aryl methyl sites for hydroxylation is 1. The zero-order chi connectivity index (χ0) is 16.7. The van der Waals surface area contributed by atoms with Gasteiger partial charge in [-0.15, -0.1) is 24.0 Å². The SMILES string of the molecule is CCN(CC)C(CN=C(N)Nc1cccc(C)c1)c1ccco1.I. The summed E-state index contributed by atoms with van der Waals surface area (Å²) in [5, 5.41) is 3.14. The van der Waals surface area contributed by atoms with Crippen LogP contribution in [0.25, 0.3) is 0 Å². The summed E-state index contributed by atoms with van der Waals surface area (Å²) in [6.07, 6.45) is 1.70. The van der Waals surface area contributed by atoms with Crippen molar-refractivity contribution in [1.82, 2.24) is 4.90 Å². The zero-order valence-electron chi connectivity index (χ0n) is 14.5. The first-order valence-electron chi connectivity index (χ1n) is 8.05. The number of guanidine groups is 1. The Morgan fingerprint density at radius 2 is 2.00 bits per heavy atom. The van der Waals surface area contributed by atoms with Crippen LogP contribution in [0.4, 0.5) is 5.69 Å². The highest BCUT2D eigenvalue weighted by molar-refractivity contribution is 14.0. The van der Waals surface area contributed by atoms with E-state index >= 15 is 0 Å². The molecule has 6 heteroatoms. The van der Waals surface area contributed by atoms with Gasteiger partial charge in [-0.25, -0.2) is 0 Å². The maximum atomic E-state index is 6.03. The van der Waals surface area contributed by atoms with Gasteiger partial charge in [0.2, 0.25) is 0 Å². The molecule has 0 fully saturated rings. The molecule has 1 aromatic carbocycles. The number of aliphatic imine (C=N–C) groups is 1. The van der Waals surface area contributed by atoms with Crippen LogP contribution in [0, 0.1) is 6.92 Å². The Bertz CT molecular complexity index is 624. The largest absolute Gasteiger partial charge is 0.468 e. The highest BCUT2D eigenvalue weighted by atomic mass is 127. The monoisotopic (exact) mass is 442 g/mol. The summed E-state index contributed by atoms with van der Waals surface area (Å²) in [6, 6.07) is 12.0. The van der Waals surface area contributed by atoms with E-state index in [1.165, 1.54) is 5.56 Å². The summed E-state index contributed by atoms with van der Waals surface area (Å²) < 4.78 is 5.57. The molecule has 0 aliphatic carbocycles. The van der Waals surface area contributed by atoms with E-state index in [1.54, 1.807) is 6.26 Å². The fraction of sp³-hybridized carbons (Fsp3) is 0.389. The van der Waals surface area contributed by atoms with Crippen LogP contribution in [-0.4, -0.2) is 30.5 Å². The van der Waals surface area contributed by atoms with E-state index in [-0.39, 0.29) is 30.0 Å². The van der Waals surface area contributed by atoms with E-state index in [0.29, 0.717) is 12.5 Å². The zero-order valence-corrected chi connectivity index (χ0v) is 16.9. The molecule has 0 spiro atoms. The van der Waals surface area contributed by atoms with E-state index in [9.17, 15) is 0 Å². The minimum atomic E-state index is 0. The molecule has 1 unspecified atom stereocenters. The lowest BCUT2D eigenvalue weighted by Gasteiger charge is -2.26. The van der Waals surface area contributed by atoms with Gasteiger partial charge in [-0.1, -0.05) is 26.0 Å². The quantitative estimate of drug-likeness (QED) is 0.386. The van der Waals surface area contributed by atoms with Gasteiger partial charge in [0.05, 0.1) is 18.8 Å². The maximum Gasteiger partial charge on any atom is 0.193 e. The van der Waals surface area contributed by atoms with Crippen LogP contribution in [0.15, 0.2) is 52.1 Å². The van der Waals surface area contributed by atoms with Crippen LogP contribution in [-0.2, 0) is 0 Å². The Morgan fingerprint density at radius 1 is 1.25 bits per heavy atom. The average Bonchev–Trinajstić information content (AvgIpc) is 3.05. The second kappa shape index (κ2) is 10.4. The van der Waals surface area contributed by atoms with Gasteiger partial charge >= 0.3 is 0 Å². The molecule has 0 amide bonds. The average molecular weight is 442 g/mol. The van der Waals surface area contributed by atoms with Crippen molar-refractivity contribution in [2.24, 2.45) is 10.7 Å². The highest BCUT2D eigenvalue weighted by Gasteiger charge is 2.20. The molecule has 3 N–H and O–H groups in total. The molecule has 1 heterocycles. The van der Waals surface area contributed by atoms with Crippen LogP contribution in [0.2, 0.25) is 0 Å². The molecular weight excluding hydrogens is 415 g/mol. The van der Waals surface area contributed by atoms with Gasteiger partial charge in [0.15, 0.2) is 5.96 Å². The number of nitrogens with two attached hydrogens (primary N) is 1. The van der Waals surface area contributed by atoms with Crippen LogP contribution in [0.5, 0.6) is 0 Å². The lowest BCUT2D eigenvalue weighted by molar-refractivity contribution is 0.198. The van der Waals surface area contributed by atoms with Crippen LogP contribution in [0.3, 0.4) is 0 Å². The molecule has 1 aromatic heterocycles. The second-order valence-electron chi connectivity index (χ2n) is 5.47. The molecular formula is C18H27IN4O. The summed E-state index contributed by atoms with van der Waals surface area (Å²) in [4.78, 5) is 6.81. The number of rotatable bonds is 7. The van der Waals surface area contributed by atoms with Gasteiger partial charge in [-0.2, -0.15) is 0 Å². The van der Waals surface area contributed by atoms with E-state index in [1.807, 2.05) is 43.3 Å². The number of furan rings is 1. The lowest BCUT2D eigenvalue weighted by atomic mass is 10.2. The topological polar surface area (TPSA) is 66.8 Å². The van der Waals surface area contributed by atoms with Crippen molar-refractivity contribution < 1.29 is 4.42 Å². The normalized spacial score (nSPS) is 12.8. The molecule has 0 aliphatic heterocycles. The Labute approximate surface area is 161 Å². The number of likely N-dealkylation sites (N-methyl/N-ethyl adjacent to an activating group) is 1. The van der Waals surface area contributed by atoms with Crippen LogP contribution >= 0.6 is 24.0 Å². The van der Waals surface area contributed by atoms with Gasteiger partial charge in [-0.3, -0.25) is 9.89 Å². The molecule has 0 saturated heterocycles. The number of hydrogen-bond donors (Lipinski definition) is 2. The summed E-state index contributed by atoms with van der Waals surface area (Å²) >= 11 is 0. The molecule has 1 atom stereocenters. The summed E-state index contributed by atoms with van der Waals surface area (Å²) in [5.41, 5.74) is 8.16. The Morgan fingerprint density at radius 3 is 2.58 bits per heavy atom. The number of benzene rings is 1. The lowest BCUT2D eigenvalue weighted by Crippen LogP contribution is -2.31. The Kier molecular flexibility index (Phi) is 8.84. The van der Waals surface area contributed by atoms with Gasteiger partial charge < -0.3 is 15.5 Å². The molecule has 0 saturated carbocycles. The van der Waals surface area contributed by atoms with Gasteiger partial charge in [0.1, 0.15) is 5.76 Å². The molecule has 2 aromatic rings. The molecule has 0 radical (unpaired) electrons. The molecule has 24 heavy (non-hydrogen) atoms. The van der Waals surface area contributed by atoms with Crippen molar-refractivity contribution in [3.05, 3.63) is 54.0 Å². The smallest absolute Gasteiger partial charge is 0.193 e. The first kappa shape index (κ1) is 20.5.